The topological polar surface area (TPSA) is 55.4 Å². The highest BCUT2D eigenvalue weighted by molar-refractivity contribution is 9.10. The van der Waals surface area contributed by atoms with Gasteiger partial charge in [-0.2, -0.15) is 0 Å². The molecule has 1 heterocycles. The molecule has 1 aromatic heterocycles. The van der Waals surface area contributed by atoms with Gasteiger partial charge in [0.15, 0.2) is 0 Å². The number of aryl methyl sites for hydroxylation is 1. The number of ether oxygens (including phenoxy) is 1. The lowest BCUT2D eigenvalue weighted by Crippen LogP contribution is -2.26. The molecule has 0 bridgehead atoms. The molecule has 0 amide bonds. The molecule has 0 aliphatic carbocycles. The monoisotopic (exact) mass is 389 g/mol. The van der Waals surface area contributed by atoms with Crippen molar-refractivity contribution in [2.45, 2.75) is 24.1 Å². The number of rotatable bonds is 5. The van der Waals surface area contributed by atoms with Gasteiger partial charge in [-0.3, -0.25) is 0 Å². The van der Waals surface area contributed by atoms with E-state index in [2.05, 4.69) is 20.7 Å². The largest absolute Gasteiger partial charge is 0.496 e. The number of hydrogen-bond acceptors (Lipinski definition) is 4. The summed E-state index contributed by atoms with van der Waals surface area (Å²) in [6.45, 7) is 3.76. The first-order valence-electron chi connectivity index (χ1n) is 6.25. The van der Waals surface area contributed by atoms with Crippen molar-refractivity contribution in [3.8, 4) is 5.75 Å². The second kappa shape index (κ2) is 6.48. The molecule has 21 heavy (non-hydrogen) atoms. The number of sulfonamides is 1. The minimum absolute atomic E-state index is 0.279. The SMILES string of the molecule is COc1ccc(C)cc1C(C)NS(=O)(=O)c1sccc1Br. The van der Waals surface area contributed by atoms with Gasteiger partial charge in [-0.15, -0.1) is 11.3 Å². The van der Waals surface area contributed by atoms with Gasteiger partial charge < -0.3 is 4.74 Å². The van der Waals surface area contributed by atoms with E-state index in [1.54, 1.807) is 25.5 Å². The van der Waals surface area contributed by atoms with Crippen LogP contribution in [0.2, 0.25) is 0 Å². The van der Waals surface area contributed by atoms with Crippen LogP contribution in [0, 0.1) is 6.92 Å². The molecule has 0 fully saturated rings. The number of thiophene rings is 1. The van der Waals surface area contributed by atoms with Gasteiger partial charge in [-0.05, 0) is 47.3 Å². The van der Waals surface area contributed by atoms with Crippen LogP contribution < -0.4 is 9.46 Å². The third kappa shape index (κ3) is 3.66. The van der Waals surface area contributed by atoms with Gasteiger partial charge in [-0.1, -0.05) is 17.7 Å². The lowest BCUT2D eigenvalue weighted by molar-refractivity contribution is 0.405. The molecular weight excluding hydrogens is 374 g/mol. The average molecular weight is 390 g/mol. The summed E-state index contributed by atoms with van der Waals surface area (Å²) in [5, 5.41) is 1.73. The summed E-state index contributed by atoms with van der Waals surface area (Å²) in [6, 6.07) is 7.03. The molecule has 0 radical (unpaired) electrons. The highest BCUT2D eigenvalue weighted by Crippen LogP contribution is 2.31. The summed E-state index contributed by atoms with van der Waals surface area (Å²) in [4.78, 5) is 0. The highest BCUT2D eigenvalue weighted by atomic mass is 79.9. The third-order valence-corrected chi connectivity index (χ3v) is 7.22. The molecule has 0 saturated heterocycles. The molecule has 1 aromatic carbocycles. The van der Waals surface area contributed by atoms with Crippen molar-refractivity contribution in [2.24, 2.45) is 0 Å². The van der Waals surface area contributed by atoms with E-state index < -0.39 is 10.0 Å². The van der Waals surface area contributed by atoms with Crippen LogP contribution in [0.4, 0.5) is 0 Å². The highest BCUT2D eigenvalue weighted by Gasteiger charge is 2.23. The summed E-state index contributed by atoms with van der Waals surface area (Å²) < 4.78 is 33.7. The molecule has 114 valence electrons. The Balaban J connectivity index is 2.32. The van der Waals surface area contributed by atoms with Crippen LogP contribution in [0.1, 0.15) is 24.1 Å². The zero-order valence-electron chi connectivity index (χ0n) is 11.9. The van der Waals surface area contributed by atoms with Gasteiger partial charge in [0, 0.05) is 16.1 Å². The van der Waals surface area contributed by atoms with Gasteiger partial charge in [0.05, 0.1) is 7.11 Å². The lowest BCUT2D eigenvalue weighted by atomic mass is 10.1. The second-order valence-corrected chi connectivity index (χ2v) is 8.32. The lowest BCUT2D eigenvalue weighted by Gasteiger charge is -2.17. The van der Waals surface area contributed by atoms with Gasteiger partial charge in [0.1, 0.15) is 9.96 Å². The van der Waals surface area contributed by atoms with Gasteiger partial charge in [-0.25, -0.2) is 13.1 Å². The summed E-state index contributed by atoms with van der Waals surface area (Å²) in [5.74, 6) is 0.668. The van der Waals surface area contributed by atoms with E-state index in [4.69, 9.17) is 4.74 Å². The van der Waals surface area contributed by atoms with Crippen molar-refractivity contribution in [2.75, 3.05) is 7.11 Å². The maximum atomic E-state index is 12.4. The maximum absolute atomic E-state index is 12.4. The Hall–Kier alpha value is -0.890. The summed E-state index contributed by atoms with van der Waals surface area (Å²) in [7, 11) is -1.99. The van der Waals surface area contributed by atoms with Gasteiger partial charge in [0.25, 0.3) is 10.0 Å². The normalized spacial score (nSPS) is 13.1. The molecule has 0 aliphatic heterocycles. The molecule has 4 nitrogen and oxygen atoms in total. The fourth-order valence-corrected chi connectivity index (χ4v) is 5.59. The Bertz CT molecular complexity index is 740. The van der Waals surface area contributed by atoms with Crippen LogP contribution >= 0.6 is 27.3 Å². The Labute approximate surface area is 137 Å². The minimum atomic E-state index is -3.57. The molecule has 1 unspecified atom stereocenters. The quantitative estimate of drug-likeness (QED) is 0.844. The smallest absolute Gasteiger partial charge is 0.251 e. The molecular formula is C14H16BrNO3S2. The van der Waals surface area contributed by atoms with Crippen molar-refractivity contribution in [1.29, 1.82) is 0 Å². The van der Waals surface area contributed by atoms with Crippen LogP contribution in [-0.2, 0) is 10.0 Å². The van der Waals surface area contributed by atoms with E-state index in [1.165, 1.54) is 11.3 Å². The fourth-order valence-electron chi connectivity index (χ4n) is 2.01. The number of hydrogen-bond donors (Lipinski definition) is 1. The van der Waals surface area contributed by atoms with Gasteiger partial charge in [0.2, 0.25) is 0 Å². The Kier molecular flexibility index (Phi) is 5.08. The zero-order valence-corrected chi connectivity index (χ0v) is 15.1. The molecule has 1 atom stereocenters. The third-order valence-electron chi connectivity index (χ3n) is 3.01. The predicted octanol–water partition coefficient (Wildman–Crippen LogP) is 3.87. The number of benzene rings is 1. The zero-order chi connectivity index (χ0) is 15.6. The van der Waals surface area contributed by atoms with E-state index in [1.807, 2.05) is 25.1 Å². The Morgan fingerprint density at radius 2 is 2.05 bits per heavy atom. The number of methoxy groups -OCH3 is 1. The summed E-state index contributed by atoms with van der Waals surface area (Å²) >= 11 is 4.43. The molecule has 7 heteroatoms. The molecule has 0 spiro atoms. The standard InChI is InChI=1S/C14H16BrNO3S2/c1-9-4-5-13(19-3)11(8-9)10(2)16-21(17,18)14-12(15)6-7-20-14/h4-8,10,16H,1-3H3. The van der Waals surface area contributed by atoms with Crippen LogP contribution in [-0.4, -0.2) is 15.5 Å². The van der Waals surface area contributed by atoms with Gasteiger partial charge >= 0.3 is 0 Å². The van der Waals surface area contributed by atoms with Crippen molar-refractivity contribution in [3.05, 3.63) is 45.2 Å². The van der Waals surface area contributed by atoms with Crippen LogP contribution in [0.5, 0.6) is 5.75 Å². The van der Waals surface area contributed by atoms with E-state index in [0.717, 1.165) is 11.1 Å². The first-order valence-corrected chi connectivity index (χ1v) is 9.40. The number of nitrogens with one attached hydrogen (secondary N) is 1. The molecule has 2 rings (SSSR count). The second-order valence-electron chi connectivity index (χ2n) is 4.64. The van der Waals surface area contributed by atoms with E-state index in [9.17, 15) is 8.42 Å². The maximum Gasteiger partial charge on any atom is 0.251 e. The van der Waals surface area contributed by atoms with Crippen molar-refractivity contribution in [1.82, 2.24) is 4.72 Å². The molecule has 0 aliphatic rings. The Morgan fingerprint density at radius 3 is 2.62 bits per heavy atom. The molecule has 1 N–H and O–H groups in total. The fraction of sp³-hybridized carbons (Fsp3) is 0.286. The van der Waals surface area contributed by atoms with E-state index >= 15 is 0 Å². The van der Waals surface area contributed by atoms with Crippen LogP contribution in [0.25, 0.3) is 0 Å². The van der Waals surface area contributed by atoms with Crippen molar-refractivity contribution < 1.29 is 13.2 Å². The molecule has 2 aromatic rings. The summed E-state index contributed by atoms with van der Waals surface area (Å²) in [5.41, 5.74) is 1.86. The van der Waals surface area contributed by atoms with Crippen molar-refractivity contribution in [3.63, 3.8) is 0 Å². The first kappa shape index (κ1) is 16.5. The number of halogens is 1. The minimum Gasteiger partial charge on any atom is -0.496 e. The van der Waals surface area contributed by atoms with Crippen molar-refractivity contribution >= 4 is 37.3 Å². The first-order chi connectivity index (χ1) is 9.85. The molecule has 0 saturated carbocycles. The van der Waals surface area contributed by atoms with E-state index in [-0.39, 0.29) is 10.3 Å². The Morgan fingerprint density at radius 1 is 1.33 bits per heavy atom. The predicted molar refractivity (Wildman–Crippen MR) is 88.5 cm³/mol. The van der Waals surface area contributed by atoms with Crippen LogP contribution in [0.15, 0.2) is 38.3 Å². The van der Waals surface area contributed by atoms with Crippen LogP contribution in [0.3, 0.4) is 0 Å². The van der Waals surface area contributed by atoms with E-state index in [0.29, 0.717) is 10.2 Å². The average Bonchev–Trinajstić information content (AvgIpc) is 2.85. The summed E-state index contributed by atoms with van der Waals surface area (Å²) in [6.07, 6.45) is 0.